The number of aromatic carboxylic acids is 1. The quantitative estimate of drug-likeness (QED) is 0.814. The number of halogens is 1. The Labute approximate surface area is 129 Å². The molecule has 0 saturated heterocycles. The molecule has 0 saturated carbocycles. The molecule has 0 bridgehead atoms. The van der Waals surface area contributed by atoms with Gasteiger partial charge in [0.1, 0.15) is 6.33 Å². The molecule has 1 aromatic carbocycles. The van der Waals surface area contributed by atoms with Crippen molar-refractivity contribution in [1.82, 2.24) is 14.8 Å². The molecule has 0 aliphatic carbocycles. The van der Waals surface area contributed by atoms with Crippen LogP contribution in [0.5, 0.6) is 0 Å². The summed E-state index contributed by atoms with van der Waals surface area (Å²) in [5.41, 5.74) is 0.148. The van der Waals surface area contributed by atoms with Gasteiger partial charge in [0.25, 0.3) is 0 Å². The molecule has 0 aliphatic rings. The van der Waals surface area contributed by atoms with Crippen LogP contribution in [0.3, 0.4) is 0 Å². The molecule has 9 heteroatoms. The lowest BCUT2D eigenvalue weighted by Crippen LogP contribution is -2.17. The largest absolute Gasteiger partial charge is 0.478 e. The number of nitrogens with one attached hydrogen (secondary N) is 1. The zero-order valence-corrected chi connectivity index (χ0v) is 12.5. The number of carbonyl (C=O) groups excluding carboxylic acids is 1. The Kier molecular flexibility index (Phi) is 4.81. The molecule has 2 rings (SSSR count). The molecule has 110 valence electrons. The molecule has 0 fully saturated rings. The lowest BCUT2D eigenvalue weighted by molar-refractivity contribution is -0.113. The minimum absolute atomic E-state index is 0.0172. The lowest BCUT2D eigenvalue weighted by Gasteiger charge is -2.08. The number of benzene rings is 1. The van der Waals surface area contributed by atoms with Gasteiger partial charge in [0.15, 0.2) is 5.16 Å². The second-order valence-corrected chi connectivity index (χ2v) is 5.44. The van der Waals surface area contributed by atoms with Crippen LogP contribution in [0.2, 0.25) is 5.02 Å². The molecule has 0 atom stereocenters. The Morgan fingerprint density at radius 1 is 1.48 bits per heavy atom. The fourth-order valence-corrected chi connectivity index (χ4v) is 2.39. The van der Waals surface area contributed by atoms with E-state index in [1.165, 1.54) is 36.3 Å². The maximum absolute atomic E-state index is 11.9. The van der Waals surface area contributed by atoms with Crippen molar-refractivity contribution in [2.24, 2.45) is 7.05 Å². The van der Waals surface area contributed by atoms with E-state index in [1.807, 2.05) is 0 Å². The van der Waals surface area contributed by atoms with Crippen LogP contribution in [0.25, 0.3) is 0 Å². The van der Waals surface area contributed by atoms with E-state index in [0.717, 1.165) is 0 Å². The predicted molar refractivity (Wildman–Crippen MR) is 78.8 cm³/mol. The van der Waals surface area contributed by atoms with Gasteiger partial charge in [-0.3, -0.25) is 4.79 Å². The Morgan fingerprint density at radius 3 is 2.86 bits per heavy atom. The van der Waals surface area contributed by atoms with Crippen molar-refractivity contribution >= 4 is 40.9 Å². The van der Waals surface area contributed by atoms with Crippen LogP contribution in [0, 0.1) is 0 Å². The Morgan fingerprint density at radius 2 is 2.24 bits per heavy atom. The summed E-state index contributed by atoms with van der Waals surface area (Å²) in [6, 6.07) is 4.20. The molecular formula is C12H11ClN4O3S. The van der Waals surface area contributed by atoms with Gasteiger partial charge in [-0.05, 0) is 18.2 Å². The van der Waals surface area contributed by atoms with Crippen molar-refractivity contribution in [3.63, 3.8) is 0 Å². The maximum Gasteiger partial charge on any atom is 0.337 e. The smallest absolute Gasteiger partial charge is 0.337 e. The lowest BCUT2D eigenvalue weighted by atomic mass is 10.2. The van der Waals surface area contributed by atoms with Gasteiger partial charge >= 0.3 is 5.97 Å². The molecule has 7 nitrogen and oxygen atoms in total. The van der Waals surface area contributed by atoms with Gasteiger partial charge in [0.2, 0.25) is 5.91 Å². The van der Waals surface area contributed by atoms with Crippen LogP contribution >= 0.6 is 23.4 Å². The molecule has 1 heterocycles. The molecule has 2 aromatic rings. The number of thioether (sulfide) groups is 1. The predicted octanol–water partition coefficient (Wildman–Crippen LogP) is 1.90. The number of aryl methyl sites for hydroxylation is 1. The Hall–Kier alpha value is -2.06. The van der Waals surface area contributed by atoms with Gasteiger partial charge < -0.3 is 15.0 Å². The minimum Gasteiger partial charge on any atom is -0.478 e. The second-order valence-electron chi connectivity index (χ2n) is 4.06. The van der Waals surface area contributed by atoms with Gasteiger partial charge in [-0.25, -0.2) is 4.79 Å². The first kappa shape index (κ1) is 15.3. The first-order chi connectivity index (χ1) is 9.97. The third kappa shape index (κ3) is 3.96. The number of hydrogen-bond donors (Lipinski definition) is 2. The Bertz CT molecular complexity index is 689. The van der Waals surface area contributed by atoms with Crippen molar-refractivity contribution in [1.29, 1.82) is 0 Å². The number of nitrogens with zero attached hydrogens (tertiary/aromatic N) is 3. The van der Waals surface area contributed by atoms with Gasteiger partial charge in [0, 0.05) is 12.1 Å². The van der Waals surface area contributed by atoms with Crippen molar-refractivity contribution < 1.29 is 14.7 Å². The van der Waals surface area contributed by atoms with E-state index in [0.29, 0.717) is 10.2 Å². The van der Waals surface area contributed by atoms with E-state index in [2.05, 4.69) is 15.5 Å². The molecule has 0 aliphatic heterocycles. The monoisotopic (exact) mass is 326 g/mol. The third-order valence-corrected chi connectivity index (χ3v) is 3.76. The van der Waals surface area contributed by atoms with Crippen LogP contribution < -0.4 is 5.32 Å². The fourth-order valence-electron chi connectivity index (χ4n) is 1.53. The van der Waals surface area contributed by atoms with Gasteiger partial charge in [-0.15, -0.1) is 10.2 Å². The number of carbonyl (C=O) groups is 2. The SMILES string of the molecule is Cn1cnnc1SCC(=O)Nc1cc(Cl)ccc1C(=O)O. The number of aromatic nitrogens is 3. The average molecular weight is 327 g/mol. The highest BCUT2D eigenvalue weighted by molar-refractivity contribution is 7.99. The summed E-state index contributed by atoms with van der Waals surface area (Å²) < 4.78 is 1.68. The second kappa shape index (κ2) is 6.59. The zero-order valence-electron chi connectivity index (χ0n) is 10.9. The number of carboxylic acid groups (broad SMARTS) is 1. The zero-order chi connectivity index (χ0) is 15.4. The van der Waals surface area contributed by atoms with Gasteiger partial charge in [-0.1, -0.05) is 23.4 Å². The summed E-state index contributed by atoms with van der Waals surface area (Å²) >= 11 is 7.01. The number of carboxylic acids is 1. The molecule has 0 spiro atoms. The van der Waals surface area contributed by atoms with Gasteiger partial charge in [-0.2, -0.15) is 0 Å². The fraction of sp³-hybridized carbons (Fsp3) is 0.167. The molecule has 21 heavy (non-hydrogen) atoms. The normalized spacial score (nSPS) is 10.4. The molecule has 0 unspecified atom stereocenters. The van der Waals surface area contributed by atoms with Crippen molar-refractivity contribution in [3.05, 3.63) is 35.1 Å². The first-order valence-corrected chi connectivity index (χ1v) is 7.13. The number of amides is 1. The van der Waals surface area contributed by atoms with Crippen LogP contribution in [0.15, 0.2) is 29.7 Å². The number of hydrogen-bond acceptors (Lipinski definition) is 5. The van der Waals surface area contributed by atoms with E-state index in [-0.39, 0.29) is 22.9 Å². The first-order valence-electron chi connectivity index (χ1n) is 5.77. The van der Waals surface area contributed by atoms with Crippen molar-refractivity contribution in [2.45, 2.75) is 5.16 Å². The standard InChI is InChI=1S/C12H11ClN4O3S/c1-17-6-14-16-12(17)21-5-10(18)15-9-4-7(13)2-3-8(9)11(19)20/h2-4,6H,5H2,1H3,(H,15,18)(H,19,20). The summed E-state index contributed by atoms with van der Waals surface area (Å²) in [6.07, 6.45) is 1.53. The van der Waals surface area contributed by atoms with Crippen molar-refractivity contribution in [3.8, 4) is 0 Å². The highest BCUT2D eigenvalue weighted by Crippen LogP contribution is 2.22. The van der Waals surface area contributed by atoms with E-state index in [4.69, 9.17) is 16.7 Å². The minimum atomic E-state index is -1.14. The molecular weight excluding hydrogens is 316 g/mol. The van der Waals surface area contributed by atoms with E-state index >= 15 is 0 Å². The maximum atomic E-state index is 11.9. The van der Waals surface area contributed by atoms with E-state index in [1.54, 1.807) is 11.6 Å². The van der Waals surface area contributed by atoms with Crippen LogP contribution in [-0.2, 0) is 11.8 Å². The van der Waals surface area contributed by atoms with Crippen LogP contribution in [-0.4, -0.2) is 37.5 Å². The summed E-state index contributed by atoms with van der Waals surface area (Å²) in [5, 5.41) is 20.1. The third-order valence-electron chi connectivity index (χ3n) is 2.49. The van der Waals surface area contributed by atoms with E-state index in [9.17, 15) is 9.59 Å². The van der Waals surface area contributed by atoms with Crippen LogP contribution in [0.4, 0.5) is 5.69 Å². The topological polar surface area (TPSA) is 97.1 Å². The summed E-state index contributed by atoms with van der Waals surface area (Å²) in [4.78, 5) is 23.0. The highest BCUT2D eigenvalue weighted by atomic mass is 35.5. The molecule has 1 aromatic heterocycles. The average Bonchev–Trinajstić information content (AvgIpc) is 2.81. The number of rotatable bonds is 5. The molecule has 2 N–H and O–H groups in total. The van der Waals surface area contributed by atoms with Crippen LogP contribution in [0.1, 0.15) is 10.4 Å². The van der Waals surface area contributed by atoms with E-state index < -0.39 is 5.97 Å². The molecule has 1 amide bonds. The highest BCUT2D eigenvalue weighted by Gasteiger charge is 2.14. The van der Waals surface area contributed by atoms with Gasteiger partial charge in [0.05, 0.1) is 17.0 Å². The summed E-state index contributed by atoms with van der Waals surface area (Å²) in [5.74, 6) is -1.41. The summed E-state index contributed by atoms with van der Waals surface area (Å²) in [7, 11) is 1.76. The van der Waals surface area contributed by atoms with Crippen molar-refractivity contribution in [2.75, 3.05) is 11.1 Å². The Balaban J connectivity index is 2.04. The number of anilines is 1. The summed E-state index contributed by atoms with van der Waals surface area (Å²) in [6.45, 7) is 0. The molecule has 0 radical (unpaired) electrons.